The minimum Gasteiger partial charge on any atom is -0.306 e. The van der Waals surface area contributed by atoms with Crippen molar-refractivity contribution in [2.75, 3.05) is 6.54 Å². The van der Waals surface area contributed by atoms with E-state index in [9.17, 15) is 4.79 Å². The van der Waals surface area contributed by atoms with E-state index < -0.39 is 0 Å². The number of ketones is 1. The molecule has 0 atom stereocenters. The van der Waals surface area contributed by atoms with Crippen LogP contribution in [0.5, 0.6) is 0 Å². The molecule has 2 aromatic rings. The third-order valence-corrected chi connectivity index (χ3v) is 3.43. The topological polar surface area (TPSA) is 29.1 Å². The Hall–Kier alpha value is -1.93. The summed E-state index contributed by atoms with van der Waals surface area (Å²) in [5.74, 6) is 0.151. The van der Waals surface area contributed by atoms with Crippen LogP contribution in [0, 0.1) is 20.8 Å². The van der Waals surface area contributed by atoms with Crippen LogP contribution in [0.15, 0.2) is 42.5 Å². The molecular weight excluding hydrogens is 246 g/mol. The Morgan fingerprint density at radius 2 is 1.60 bits per heavy atom. The molecule has 0 fully saturated rings. The summed E-state index contributed by atoms with van der Waals surface area (Å²) in [7, 11) is 0. The number of carbonyl (C=O) groups excluding carboxylic acids is 1. The van der Waals surface area contributed by atoms with Crippen LogP contribution in [0.3, 0.4) is 0 Å². The molecule has 2 nitrogen and oxygen atoms in total. The van der Waals surface area contributed by atoms with Gasteiger partial charge in [0.1, 0.15) is 0 Å². The highest BCUT2D eigenvalue weighted by molar-refractivity contribution is 5.99. The van der Waals surface area contributed by atoms with Crippen molar-refractivity contribution in [1.82, 2.24) is 5.32 Å². The third kappa shape index (κ3) is 3.78. The maximum absolute atomic E-state index is 12.2. The molecule has 2 rings (SSSR count). The predicted octanol–water partition coefficient (Wildman–Crippen LogP) is 3.58. The van der Waals surface area contributed by atoms with E-state index in [1.54, 1.807) is 0 Å². The van der Waals surface area contributed by atoms with Crippen LogP contribution in [0.1, 0.15) is 32.6 Å². The number of nitrogens with one attached hydrogen (secondary N) is 1. The fourth-order valence-corrected chi connectivity index (χ4v) is 2.16. The summed E-state index contributed by atoms with van der Waals surface area (Å²) in [6.45, 7) is 7.15. The van der Waals surface area contributed by atoms with Crippen LogP contribution in [0.2, 0.25) is 0 Å². The third-order valence-electron chi connectivity index (χ3n) is 3.43. The Kier molecular flexibility index (Phi) is 4.70. The lowest BCUT2D eigenvalue weighted by Gasteiger charge is -2.08. The number of rotatable bonds is 5. The lowest BCUT2D eigenvalue weighted by atomic mass is 10.0. The maximum Gasteiger partial charge on any atom is 0.176 e. The predicted molar refractivity (Wildman–Crippen MR) is 83.1 cm³/mol. The van der Waals surface area contributed by atoms with E-state index in [0.717, 1.165) is 23.2 Å². The van der Waals surface area contributed by atoms with Crippen molar-refractivity contribution in [3.05, 3.63) is 70.3 Å². The van der Waals surface area contributed by atoms with Crippen LogP contribution in [-0.4, -0.2) is 12.3 Å². The zero-order valence-electron chi connectivity index (χ0n) is 12.4. The van der Waals surface area contributed by atoms with Gasteiger partial charge in [0, 0.05) is 12.1 Å². The van der Waals surface area contributed by atoms with Crippen molar-refractivity contribution in [2.24, 2.45) is 0 Å². The molecule has 0 saturated carbocycles. The van der Waals surface area contributed by atoms with E-state index >= 15 is 0 Å². The minimum absolute atomic E-state index is 0.151. The van der Waals surface area contributed by atoms with Crippen LogP contribution >= 0.6 is 0 Å². The normalized spacial score (nSPS) is 10.6. The molecule has 0 aliphatic carbocycles. The number of carbonyl (C=O) groups is 1. The molecule has 0 unspecified atom stereocenters. The molecule has 1 N–H and O–H groups in total. The summed E-state index contributed by atoms with van der Waals surface area (Å²) in [5.41, 5.74) is 5.43. The van der Waals surface area contributed by atoms with Gasteiger partial charge < -0.3 is 5.32 Å². The van der Waals surface area contributed by atoms with E-state index in [1.807, 2.05) is 32.0 Å². The molecule has 0 aliphatic rings. The lowest BCUT2D eigenvalue weighted by molar-refractivity contribution is 0.0990. The number of Topliss-reactive ketones (excluding diaryl/α,β-unsaturated/α-hetero) is 1. The van der Waals surface area contributed by atoms with Gasteiger partial charge >= 0.3 is 0 Å². The number of benzene rings is 2. The summed E-state index contributed by atoms with van der Waals surface area (Å²) < 4.78 is 0. The van der Waals surface area contributed by atoms with E-state index in [0.29, 0.717) is 6.54 Å². The molecule has 2 heteroatoms. The molecule has 0 amide bonds. The fourth-order valence-electron chi connectivity index (χ4n) is 2.16. The molecule has 0 heterocycles. The zero-order valence-corrected chi connectivity index (χ0v) is 12.4. The van der Waals surface area contributed by atoms with Gasteiger partial charge in [-0.15, -0.1) is 0 Å². The van der Waals surface area contributed by atoms with E-state index in [1.165, 1.54) is 11.1 Å². The molecule has 0 saturated heterocycles. The second kappa shape index (κ2) is 6.49. The van der Waals surface area contributed by atoms with Gasteiger partial charge in [0.25, 0.3) is 0 Å². The van der Waals surface area contributed by atoms with Crippen molar-refractivity contribution in [1.29, 1.82) is 0 Å². The second-order valence-corrected chi connectivity index (χ2v) is 5.33. The average Bonchev–Trinajstić information content (AvgIpc) is 2.43. The molecule has 0 radical (unpaired) electrons. The zero-order chi connectivity index (χ0) is 14.5. The van der Waals surface area contributed by atoms with Crippen molar-refractivity contribution >= 4 is 5.78 Å². The Morgan fingerprint density at radius 1 is 0.950 bits per heavy atom. The van der Waals surface area contributed by atoms with Gasteiger partial charge in [-0.1, -0.05) is 47.5 Å². The Labute approximate surface area is 120 Å². The van der Waals surface area contributed by atoms with E-state index in [-0.39, 0.29) is 5.78 Å². The maximum atomic E-state index is 12.2. The molecule has 0 spiro atoms. The van der Waals surface area contributed by atoms with Crippen molar-refractivity contribution in [2.45, 2.75) is 27.3 Å². The van der Waals surface area contributed by atoms with Gasteiger partial charge in [0.05, 0.1) is 6.54 Å². The van der Waals surface area contributed by atoms with Crippen molar-refractivity contribution < 1.29 is 4.79 Å². The first-order valence-electron chi connectivity index (χ1n) is 6.93. The quantitative estimate of drug-likeness (QED) is 0.839. The number of hydrogen-bond donors (Lipinski definition) is 1. The van der Waals surface area contributed by atoms with E-state index in [4.69, 9.17) is 0 Å². The van der Waals surface area contributed by atoms with Gasteiger partial charge in [0.15, 0.2) is 5.78 Å². The number of hydrogen-bond acceptors (Lipinski definition) is 2. The van der Waals surface area contributed by atoms with E-state index in [2.05, 4.69) is 36.5 Å². The molecular formula is C18H21NO. The smallest absolute Gasteiger partial charge is 0.176 e. The molecule has 0 aromatic heterocycles. The molecule has 104 valence electrons. The Morgan fingerprint density at radius 3 is 2.30 bits per heavy atom. The highest BCUT2D eigenvalue weighted by Gasteiger charge is 2.08. The lowest BCUT2D eigenvalue weighted by Crippen LogP contribution is -2.23. The van der Waals surface area contributed by atoms with Crippen LogP contribution in [0.25, 0.3) is 0 Å². The van der Waals surface area contributed by atoms with Crippen molar-refractivity contribution in [3.8, 4) is 0 Å². The average molecular weight is 267 g/mol. The van der Waals surface area contributed by atoms with Gasteiger partial charge in [-0.25, -0.2) is 0 Å². The highest BCUT2D eigenvalue weighted by atomic mass is 16.1. The Bertz CT molecular complexity index is 599. The summed E-state index contributed by atoms with van der Waals surface area (Å²) in [6.07, 6.45) is 0. The fraction of sp³-hybridized carbons (Fsp3) is 0.278. The van der Waals surface area contributed by atoms with Gasteiger partial charge in [-0.05, 0) is 38.0 Å². The second-order valence-electron chi connectivity index (χ2n) is 5.33. The molecule has 2 aromatic carbocycles. The SMILES string of the molecule is Cc1ccc(CNCC(=O)c2cc(C)ccc2C)cc1. The van der Waals surface area contributed by atoms with Crippen LogP contribution in [0.4, 0.5) is 0 Å². The Balaban J connectivity index is 1.92. The first-order valence-corrected chi connectivity index (χ1v) is 6.93. The van der Waals surface area contributed by atoms with Gasteiger partial charge in [0.2, 0.25) is 0 Å². The first kappa shape index (κ1) is 14.5. The number of aryl methyl sites for hydroxylation is 3. The van der Waals surface area contributed by atoms with Crippen LogP contribution < -0.4 is 5.32 Å². The monoisotopic (exact) mass is 267 g/mol. The van der Waals surface area contributed by atoms with Crippen molar-refractivity contribution in [3.63, 3.8) is 0 Å². The summed E-state index contributed by atoms with van der Waals surface area (Å²) >= 11 is 0. The molecule has 0 aliphatic heterocycles. The summed E-state index contributed by atoms with van der Waals surface area (Å²) in [4.78, 5) is 12.2. The summed E-state index contributed by atoms with van der Waals surface area (Å²) in [6, 6.07) is 14.3. The minimum atomic E-state index is 0.151. The first-order chi connectivity index (χ1) is 9.56. The molecule has 20 heavy (non-hydrogen) atoms. The largest absolute Gasteiger partial charge is 0.306 e. The molecule has 0 bridgehead atoms. The standard InChI is InChI=1S/C18H21NO/c1-13-5-8-16(9-6-13)11-19-12-18(20)17-10-14(2)4-7-15(17)3/h4-10,19H,11-12H2,1-3H3. The highest BCUT2D eigenvalue weighted by Crippen LogP contribution is 2.11. The summed E-state index contributed by atoms with van der Waals surface area (Å²) in [5, 5.41) is 3.22. The van der Waals surface area contributed by atoms with Gasteiger partial charge in [-0.3, -0.25) is 4.79 Å². The van der Waals surface area contributed by atoms with Gasteiger partial charge in [-0.2, -0.15) is 0 Å². The van der Waals surface area contributed by atoms with Crippen LogP contribution in [-0.2, 0) is 6.54 Å².